The lowest BCUT2D eigenvalue weighted by molar-refractivity contribution is -0.147. The van der Waals surface area contributed by atoms with Crippen molar-refractivity contribution in [2.45, 2.75) is 33.2 Å². The molecule has 0 spiro atoms. The predicted octanol–water partition coefficient (Wildman–Crippen LogP) is 0.901. The molecule has 0 radical (unpaired) electrons. The van der Waals surface area contributed by atoms with E-state index in [1.807, 2.05) is 0 Å². The molecule has 2 amide bonds. The summed E-state index contributed by atoms with van der Waals surface area (Å²) in [6.07, 6.45) is 0. The number of carboxylic acids is 1. The molecular weight excluding hydrogens is 184 g/mol. The molecule has 14 heavy (non-hydrogen) atoms. The molecule has 2 N–H and O–H groups in total. The van der Waals surface area contributed by atoms with Crippen LogP contribution in [0.1, 0.15) is 27.7 Å². The Kier molecular flexibility index (Phi) is 4.40. The van der Waals surface area contributed by atoms with Crippen molar-refractivity contribution < 1.29 is 14.7 Å². The normalized spacial score (nSPS) is 10.9. The molecule has 5 nitrogen and oxygen atoms in total. The van der Waals surface area contributed by atoms with Gasteiger partial charge >= 0.3 is 12.0 Å². The van der Waals surface area contributed by atoms with Gasteiger partial charge in [-0.2, -0.15) is 0 Å². The van der Waals surface area contributed by atoms with Crippen molar-refractivity contribution in [3.8, 4) is 0 Å². The maximum atomic E-state index is 11.5. The van der Waals surface area contributed by atoms with E-state index in [1.165, 1.54) is 18.7 Å². The Hall–Kier alpha value is -1.26. The molecule has 0 bridgehead atoms. The van der Waals surface area contributed by atoms with E-state index >= 15 is 0 Å². The maximum absolute atomic E-state index is 11.5. The zero-order valence-electron chi connectivity index (χ0n) is 9.13. The molecule has 0 aromatic carbocycles. The lowest BCUT2D eigenvalue weighted by atomic mass is 10.0. The Balaban J connectivity index is 4.71. The highest BCUT2D eigenvalue weighted by molar-refractivity contribution is 5.85. The van der Waals surface area contributed by atoms with E-state index in [0.29, 0.717) is 13.1 Å². The highest BCUT2D eigenvalue weighted by atomic mass is 16.4. The third-order valence-corrected chi connectivity index (χ3v) is 2.09. The highest BCUT2D eigenvalue weighted by Crippen LogP contribution is 2.14. The minimum atomic E-state index is -1.17. The summed E-state index contributed by atoms with van der Waals surface area (Å²) < 4.78 is 0. The van der Waals surface area contributed by atoms with E-state index in [2.05, 4.69) is 5.32 Å². The van der Waals surface area contributed by atoms with Crippen LogP contribution in [0.5, 0.6) is 0 Å². The first-order valence-corrected chi connectivity index (χ1v) is 4.66. The van der Waals surface area contributed by atoms with Gasteiger partial charge in [-0.15, -0.1) is 0 Å². The van der Waals surface area contributed by atoms with E-state index < -0.39 is 11.5 Å². The first-order chi connectivity index (χ1) is 6.37. The topological polar surface area (TPSA) is 69.6 Å². The maximum Gasteiger partial charge on any atom is 0.329 e. The smallest absolute Gasteiger partial charge is 0.329 e. The fourth-order valence-corrected chi connectivity index (χ4v) is 1.15. The number of carbonyl (C=O) groups is 2. The van der Waals surface area contributed by atoms with Crippen molar-refractivity contribution in [2.75, 3.05) is 13.1 Å². The number of likely N-dealkylation sites (N-methyl/N-ethyl adjacent to an activating group) is 1. The lowest BCUT2D eigenvalue weighted by Crippen LogP contribution is -2.56. The number of hydrogen-bond acceptors (Lipinski definition) is 2. The first kappa shape index (κ1) is 12.7. The molecular formula is C9H18N2O3. The number of nitrogens with zero attached hydrogens (tertiary/aromatic N) is 1. The van der Waals surface area contributed by atoms with Gasteiger partial charge in [0.2, 0.25) is 0 Å². The van der Waals surface area contributed by atoms with Gasteiger partial charge in [0, 0.05) is 13.1 Å². The molecule has 0 saturated carbocycles. The van der Waals surface area contributed by atoms with Gasteiger partial charge in [0.1, 0.15) is 5.54 Å². The van der Waals surface area contributed by atoms with Gasteiger partial charge in [-0.05, 0) is 27.7 Å². The summed E-state index contributed by atoms with van der Waals surface area (Å²) in [5.74, 6) is -1.01. The molecule has 5 heteroatoms. The van der Waals surface area contributed by atoms with Crippen LogP contribution < -0.4 is 5.32 Å². The van der Waals surface area contributed by atoms with E-state index in [4.69, 9.17) is 5.11 Å². The number of amides is 2. The highest BCUT2D eigenvalue weighted by Gasteiger charge is 2.36. The quantitative estimate of drug-likeness (QED) is 0.711. The molecule has 0 aromatic heterocycles. The number of urea groups is 1. The number of aliphatic carboxylic acids is 1. The summed E-state index contributed by atoms with van der Waals surface area (Å²) in [6.45, 7) is 7.41. The van der Waals surface area contributed by atoms with Crippen LogP contribution in [-0.2, 0) is 4.79 Å². The van der Waals surface area contributed by atoms with Gasteiger partial charge in [-0.25, -0.2) is 9.59 Å². The SMILES string of the molecule is CCNC(=O)N(CC)C(C)(C)C(=O)O. The largest absolute Gasteiger partial charge is 0.480 e. The number of rotatable bonds is 4. The van der Waals surface area contributed by atoms with Crippen LogP contribution in [0.4, 0.5) is 4.79 Å². The predicted molar refractivity (Wildman–Crippen MR) is 53.2 cm³/mol. The van der Waals surface area contributed by atoms with E-state index in [1.54, 1.807) is 13.8 Å². The molecule has 0 rings (SSSR count). The van der Waals surface area contributed by atoms with E-state index in [0.717, 1.165) is 0 Å². The molecule has 0 saturated heterocycles. The molecule has 0 atom stereocenters. The number of hydrogen-bond donors (Lipinski definition) is 2. The first-order valence-electron chi connectivity index (χ1n) is 4.66. The molecule has 0 heterocycles. The molecule has 0 aliphatic rings. The van der Waals surface area contributed by atoms with Crippen LogP contribution in [-0.4, -0.2) is 40.6 Å². The molecule has 0 unspecified atom stereocenters. The average molecular weight is 202 g/mol. The van der Waals surface area contributed by atoms with Crippen molar-refractivity contribution in [1.29, 1.82) is 0 Å². The minimum absolute atomic E-state index is 0.345. The summed E-state index contributed by atoms with van der Waals surface area (Å²) in [5, 5.41) is 11.5. The van der Waals surface area contributed by atoms with E-state index in [-0.39, 0.29) is 6.03 Å². The molecule has 0 aliphatic heterocycles. The molecule has 82 valence electrons. The van der Waals surface area contributed by atoms with Crippen molar-refractivity contribution in [2.24, 2.45) is 0 Å². The van der Waals surface area contributed by atoms with Crippen LogP contribution in [0.2, 0.25) is 0 Å². The Morgan fingerprint density at radius 2 is 1.86 bits per heavy atom. The van der Waals surface area contributed by atoms with Gasteiger partial charge in [0.15, 0.2) is 0 Å². The number of nitrogens with one attached hydrogen (secondary N) is 1. The summed E-state index contributed by atoms with van der Waals surface area (Å²) in [5.41, 5.74) is -1.17. The standard InChI is InChI=1S/C9H18N2O3/c1-5-10-8(14)11(6-2)9(3,4)7(12)13/h5-6H2,1-4H3,(H,10,14)(H,12,13). The summed E-state index contributed by atoms with van der Waals surface area (Å²) >= 11 is 0. The monoisotopic (exact) mass is 202 g/mol. The van der Waals surface area contributed by atoms with Gasteiger partial charge in [-0.1, -0.05) is 0 Å². The third kappa shape index (κ3) is 2.61. The number of carbonyl (C=O) groups excluding carboxylic acids is 1. The van der Waals surface area contributed by atoms with Crippen molar-refractivity contribution >= 4 is 12.0 Å². The van der Waals surface area contributed by atoms with Gasteiger partial charge < -0.3 is 15.3 Å². The van der Waals surface area contributed by atoms with Crippen LogP contribution in [0, 0.1) is 0 Å². The Bertz CT molecular complexity index is 226. The second-order valence-electron chi connectivity index (χ2n) is 3.44. The van der Waals surface area contributed by atoms with Gasteiger partial charge in [-0.3, -0.25) is 0 Å². The Morgan fingerprint density at radius 1 is 1.36 bits per heavy atom. The Morgan fingerprint density at radius 3 is 2.14 bits per heavy atom. The lowest BCUT2D eigenvalue weighted by Gasteiger charge is -2.33. The molecule has 0 aliphatic carbocycles. The van der Waals surface area contributed by atoms with Crippen molar-refractivity contribution in [3.63, 3.8) is 0 Å². The van der Waals surface area contributed by atoms with Crippen LogP contribution >= 0.6 is 0 Å². The summed E-state index contributed by atoms with van der Waals surface area (Å²) in [6, 6.07) is -0.345. The van der Waals surface area contributed by atoms with Gasteiger partial charge in [0.25, 0.3) is 0 Å². The zero-order chi connectivity index (χ0) is 11.4. The third-order valence-electron chi connectivity index (χ3n) is 2.09. The fourth-order valence-electron chi connectivity index (χ4n) is 1.15. The second-order valence-corrected chi connectivity index (χ2v) is 3.44. The van der Waals surface area contributed by atoms with Crippen LogP contribution in [0.25, 0.3) is 0 Å². The van der Waals surface area contributed by atoms with Crippen LogP contribution in [0.3, 0.4) is 0 Å². The number of carboxylic acid groups (broad SMARTS) is 1. The van der Waals surface area contributed by atoms with Crippen molar-refractivity contribution in [3.05, 3.63) is 0 Å². The second kappa shape index (κ2) is 4.83. The Labute approximate surface area is 84.1 Å². The molecule has 0 fully saturated rings. The fraction of sp³-hybridized carbons (Fsp3) is 0.778. The zero-order valence-corrected chi connectivity index (χ0v) is 9.13. The summed E-state index contributed by atoms with van der Waals surface area (Å²) in [4.78, 5) is 23.7. The van der Waals surface area contributed by atoms with Crippen molar-refractivity contribution in [1.82, 2.24) is 10.2 Å². The summed E-state index contributed by atoms with van der Waals surface area (Å²) in [7, 11) is 0. The van der Waals surface area contributed by atoms with E-state index in [9.17, 15) is 9.59 Å². The molecule has 0 aromatic rings. The van der Waals surface area contributed by atoms with Crippen LogP contribution in [0.15, 0.2) is 0 Å². The average Bonchev–Trinajstić information content (AvgIpc) is 2.04. The van der Waals surface area contributed by atoms with Gasteiger partial charge in [0.05, 0.1) is 0 Å². The minimum Gasteiger partial charge on any atom is -0.480 e.